The minimum atomic E-state index is -0.255. The van der Waals surface area contributed by atoms with Crippen molar-refractivity contribution in [3.63, 3.8) is 0 Å². The van der Waals surface area contributed by atoms with Crippen LogP contribution in [0, 0.1) is 13.8 Å². The van der Waals surface area contributed by atoms with E-state index in [1.54, 1.807) is 0 Å². The summed E-state index contributed by atoms with van der Waals surface area (Å²) in [4.78, 5) is 11.2. The third kappa shape index (κ3) is 3.59. The van der Waals surface area contributed by atoms with Crippen LogP contribution in [0.5, 0.6) is 5.75 Å². The smallest absolute Gasteiger partial charge is 0.274 e. The Hall–Kier alpha value is -1.55. The highest BCUT2D eigenvalue weighted by Gasteiger charge is 2.05. The van der Waals surface area contributed by atoms with Gasteiger partial charge in [0.05, 0.1) is 0 Å². The third-order valence-electron chi connectivity index (χ3n) is 1.95. The normalized spacial score (nSPS) is 9.87. The van der Waals surface area contributed by atoms with Crippen LogP contribution in [0.25, 0.3) is 0 Å². The fourth-order valence-corrected chi connectivity index (χ4v) is 1.26. The summed E-state index contributed by atoms with van der Waals surface area (Å²) in [7, 11) is 1.49. The quantitative estimate of drug-likeness (QED) is 0.458. The molecule has 0 saturated carbocycles. The number of hydrogen-bond donors (Lipinski definition) is 1. The lowest BCUT2D eigenvalue weighted by Crippen LogP contribution is -2.36. The van der Waals surface area contributed by atoms with Gasteiger partial charge in [-0.3, -0.25) is 9.80 Å². The van der Waals surface area contributed by atoms with Crippen molar-refractivity contribution >= 4 is 5.91 Å². The van der Waals surface area contributed by atoms with Gasteiger partial charge in [-0.2, -0.15) is 0 Å². The summed E-state index contributed by atoms with van der Waals surface area (Å²) in [6.07, 6.45) is 0. The lowest BCUT2D eigenvalue weighted by atomic mass is 10.1. The summed E-state index contributed by atoms with van der Waals surface area (Å²) in [5.41, 5.74) is 2.22. The number of amides is 1. The van der Waals surface area contributed by atoms with Crippen molar-refractivity contribution in [3.8, 4) is 5.75 Å². The fourth-order valence-electron chi connectivity index (χ4n) is 1.26. The Kier molecular flexibility index (Phi) is 3.68. The van der Waals surface area contributed by atoms with Gasteiger partial charge in [-0.1, -0.05) is 6.07 Å². The first kappa shape index (κ1) is 11.5. The number of benzene rings is 1. The van der Waals surface area contributed by atoms with Gasteiger partial charge in [0.2, 0.25) is 0 Å². The number of carbonyl (C=O) groups is 1. The van der Waals surface area contributed by atoms with Crippen LogP contribution in [0.2, 0.25) is 0 Å². The molecule has 82 valence electrons. The van der Waals surface area contributed by atoms with Gasteiger partial charge in [0.15, 0.2) is 6.61 Å². The van der Waals surface area contributed by atoms with Crippen LogP contribution in [0.4, 0.5) is 0 Å². The molecular weight excluding hydrogens is 192 g/mol. The summed E-state index contributed by atoms with van der Waals surface area (Å²) in [5, 5.41) is 1.02. The molecule has 0 aromatic heterocycles. The molecule has 0 unspecified atom stereocenters. The van der Waals surface area contributed by atoms with Gasteiger partial charge in [0.1, 0.15) is 5.75 Å². The van der Waals surface area contributed by atoms with Crippen LogP contribution in [-0.2, 0) is 4.79 Å². The second kappa shape index (κ2) is 4.79. The Morgan fingerprint density at radius 1 is 1.33 bits per heavy atom. The maximum Gasteiger partial charge on any atom is 0.274 e. The standard InChI is InChI=1S/C11H16N2O2/c1-8-4-9(2)6-10(5-8)15-7-11(14)13(3)12/h4-6H,7,12H2,1-3H3. The van der Waals surface area contributed by atoms with Crippen molar-refractivity contribution in [2.75, 3.05) is 13.7 Å². The maximum absolute atomic E-state index is 11.2. The van der Waals surface area contributed by atoms with Gasteiger partial charge in [-0.15, -0.1) is 0 Å². The van der Waals surface area contributed by atoms with Crippen LogP contribution in [0.15, 0.2) is 18.2 Å². The van der Waals surface area contributed by atoms with Crippen molar-refractivity contribution in [1.82, 2.24) is 5.01 Å². The summed E-state index contributed by atoms with van der Waals surface area (Å²) in [6, 6.07) is 5.82. The zero-order valence-electron chi connectivity index (χ0n) is 9.28. The van der Waals surface area contributed by atoms with Crippen LogP contribution in [-0.4, -0.2) is 24.6 Å². The van der Waals surface area contributed by atoms with E-state index in [9.17, 15) is 4.79 Å². The molecule has 0 fully saturated rings. The lowest BCUT2D eigenvalue weighted by Gasteiger charge is -2.11. The average Bonchev–Trinajstić information content (AvgIpc) is 2.12. The molecule has 0 bridgehead atoms. The monoisotopic (exact) mass is 208 g/mol. The molecule has 1 amide bonds. The van der Waals surface area contributed by atoms with Crippen LogP contribution in [0.3, 0.4) is 0 Å². The van der Waals surface area contributed by atoms with Gasteiger partial charge in [0.25, 0.3) is 5.91 Å². The zero-order valence-corrected chi connectivity index (χ0v) is 9.28. The SMILES string of the molecule is Cc1cc(C)cc(OCC(=O)N(C)N)c1. The Balaban J connectivity index is 2.61. The molecule has 0 aliphatic rings. The van der Waals surface area contributed by atoms with Crippen LogP contribution >= 0.6 is 0 Å². The molecule has 4 nitrogen and oxygen atoms in total. The highest BCUT2D eigenvalue weighted by Crippen LogP contribution is 2.15. The molecule has 0 heterocycles. The first-order valence-electron chi connectivity index (χ1n) is 4.71. The number of hydrogen-bond acceptors (Lipinski definition) is 3. The number of hydrazine groups is 1. The molecule has 2 N–H and O–H groups in total. The number of likely N-dealkylation sites (N-methyl/N-ethyl adjacent to an activating group) is 1. The third-order valence-corrected chi connectivity index (χ3v) is 1.95. The van der Waals surface area contributed by atoms with Crippen molar-refractivity contribution < 1.29 is 9.53 Å². The molecule has 0 aliphatic heterocycles. The number of ether oxygens (including phenoxy) is 1. The van der Waals surface area contributed by atoms with E-state index in [0.717, 1.165) is 16.1 Å². The number of aryl methyl sites for hydroxylation is 2. The largest absolute Gasteiger partial charge is 0.484 e. The van der Waals surface area contributed by atoms with Crippen molar-refractivity contribution in [1.29, 1.82) is 0 Å². The molecule has 0 spiro atoms. The van der Waals surface area contributed by atoms with E-state index < -0.39 is 0 Å². The number of nitrogens with zero attached hydrogens (tertiary/aromatic N) is 1. The predicted molar refractivity (Wildman–Crippen MR) is 58.4 cm³/mol. The van der Waals surface area contributed by atoms with E-state index >= 15 is 0 Å². The van der Waals surface area contributed by atoms with Gasteiger partial charge in [-0.05, 0) is 37.1 Å². The lowest BCUT2D eigenvalue weighted by molar-refractivity contribution is -0.132. The second-order valence-corrected chi connectivity index (χ2v) is 3.62. The van der Waals surface area contributed by atoms with Crippen molar-refractivity contribution in [2.24, 2.45) is 5.84 Å². The number of nitrogens with two attached hydrogens (primary N) is 1. The van der Waals surface area contributed by atoms with Crippen molar-refractivity contribution in [2.45, 2.75) is 13.8 Å². The number of rotatable bonds is 3. The molecule has 1 aromatic rings. The minimum Gasteiger partial charge on any atom is -0.484 e. The highest BCUT2D eigenvalue weighted by atomic mass is 16.5. The minimum absolute atomic E-state index is 0.0319. The summed E-state index contributed by atoms with van der Waals surface area (Å²) in [5.74, 6) is 5.71. The Morgan fingerprint density at radius 2 is 1.87 bits per heavy atom. The summed E-state index contributed by atoms with van der Waals surface area (Å²) < 4.78 is 5.32. The van der Waals surface area contributed by atoms with E-state index in [0.29, 0.717) is 5.75 Å². The van der Waals surface area contributed by atoms with Gasteiger partial charge >= 0.3 is 0 Å². The first-order valence-corrected chi connectivity index (χ1v) is 4.71. The molecule has 0 aliphatic carbocycles. The van der Waals surface area contributed by atoms with E-state index in [-0.39, 0.29) is 12.5 Å². The topological polar surface area (TPSA) is 55.6 Å². The van der Waals surface area contributed by atoms with Crippen molar-refractivity contribution in [3.05, 3.63) is 29.3 Å². The van der Waals surface area contributed by atoms with E-state index in [4.69, 9.17) is 10.6 Å². The molecule has 0 saturated heterocycles. The second-order valence-electron chi connectivity index (χ2n) is 3.62. The summed E-state index contributed by atoms with van der Waals surface area (Å²) >= 11 is 0. The molecule has 0 atom stereocenters. The van der Waals surface area contributed by atoms with Crippen LogP contribution in [0.1, 0.15) is 11.1 Å². The maximum atomic E-state index is 11.2. The Morgan fingerprint density at radius 3 is 2.33 bits per heavy atom. The van der Waals surface area contributed by atoms with Crippen LogP contribution < -0.4 is 10.6 Å². The van der Waals surface area contributed by atoms with Gasteiger partial charge in [0, 0.05) is 7.05 Å². The highest BCUT2D eigenvalue weighted by molar-refractivity contribution is 5.76. The number of carbonyl (C=O) groups excluding carboxylic acids is 1. The van der Waals surface area contributed by atoms with E-state index in [1.807, 2.05) is 32.0 Å². The zero-order chi connectivity index (χ0) is 11.4. The van der Waals surface area contributed by atoms with Gasteiger partial charge in [-0.25, -0.2) is 5.84 Å². The molecular formula is C11H16N2O2. The average molecular weight is 208 g/mol. The predicted octanol–water partition coefficient (Wildman–Crippen LogP) is 1.01. The van der Waals surface area contributed by atoms with E-state index in [2.05, 4.69) is 0 Å². The fraction of sp³-hybridized carbons (Fsp3) is 0.364. The Labute approximate surface area is 89.6 Å². The molecule has 1 rings (SSSR count). The Bertz CT molecular complexity index is 341. The molecule has 0 radical (unpaired) electrons. The molecule has 1 aromatic carbocycles. The van der Waals surface area contributed by atoms with Gasteiger partial charge < -0.3 is 4.74 Å². The molecule has 15 heavy (non-hydrogen) atoms. The first-order chi connectivity index (χ1) is 6.99. The summed E-state index contributed by atoms with van der Waals surface area (Å²) in [6.45, 7) is 3.93. The molecule has 4 heteroatoms. The van der Waals surface area contributed by atoms with E-state index in [1.165, 1.54) is 7.05 Å².